The minimum atomic E-state index is -0.722. The first-order chi connectivity index (χ1) is 18.0. The van der Waals surface area contributed by atoms with Crippen LogP contribution in [0.4, 0.5) is 11.5 Å². The molecule has 5 rings (SSSR count). The van der Waals surface area contributed by atoms with E-state index in [1.165, 1.54) is 5.56 Å². The van der Waals surface area contributed by atoms with Crippen molar-refractivity contribution in [2.75, 3.05) is 23.8 Å². The number of hydrogen-bond donors (Lipinski definition) is 2. The Labute approximate surface area is 214 Å². The number of aliphatic carboxylic acids is 1. The molecular formula is C27H29N5O5. The summed E-state index contributed by atoms with van der Waals surface area (Å²) in [7, 11) is 0. The zero-order valence-electron chi connectivity index (χ0n) is 20.4. The third kappa shape index (κ3) is 5.63. The molecule has 3 aromatic rings. The zero-order valence-corrected chi connectivity index (χ0v) is 20.4. The fourth-order valence-corrected chi connectivity index (χ4v) is 5.02. The van der Waals surface area contributed by atoms with Gasteiger partial charge in [-0.05, 0) is 67.3 Å². The minimum absolute atomic E-state index is 0.00679. The number of nitrogens with zero attached hydrogens (tertiary/aromatic N) is 4. The van der Waals surface area contributed by atoms with Crippen molar-refractivity contribution in [2.45, 2.75) is 44.6 Å². The summed E-state index contributed by atoms with van der Waals surface area (Å²) in [6.45, 7) is 0.731. The maximum absolute atomic E-state index is 13.4. The average molecular weight is 504 g/mol. The summed E-state index contributed by atoms with van der Waals surface area (Å²) in [6.07, 6.45) is 5.70. The molecular weight excluding hydrogens is 474 g/mol. The highest BCUT2D eigenvalue weighted by Gasteiger charge is 2.30. The first-order valence-corrected chi connectivity index (χ1v) is 12.4. The molecule has 10 heteroatoms. The smallest absolute Gasteiger partial charge is 0.322 e. The molecule has 0 spiro atoms. The lowest BCUT2D eigenvalue weighted by Crippen LogP contribution is -2.32. The van der Waals surface area contributed by atoms with Crippen LogP contribution in [0, 0.1) is 5.92 Å². The van der Waals surface area contributed by atoms with Gasteiger partial charge in [0, 0.05) is 18.3 Å². The molecule has 1 fully saturated rings. The maximum Gasteiger partial charge on any atom is 0.322 e. The van der Waals surface area contributed by atoms with E-state index in [9.17, 15) is 9.59 Å². The fraction of sp³-hybridized carbons (Fsp3) is 0.370. The molecule has 0 unspecified atom stereocenters. The van der Waals surface area contributed by atoms with Crippen molar-refractivity contribution in [2.24, 2.45) is 5.92 Å². The number of benzene rings is 1. The number of amides is 1. The molecule has 1 aliphatic heterocycles. The van der Waals surface area contributed by atoms with Crippen LogP contribution >= 0.6 is 0 Å². The molecule has 0 radical (unpaired) electrons. The maximum atomic E-state index is 13.4. The van der Waals surface area contributed by atoms with E-state index in [-0.39, 0.29) is 54.7 Å². The highest BCUT2D eigenvalue weighted by Crippen LogP contribution is 2.38. The number of nitrogen functional groups attached to an aromatic ring is 1. The molecule has 37 heavy (non-hydrogen) atoms. The summed E-state index contributed by atoms with van der Waals surface area (Å²) >= 11 is 0. The number of carbonyl (C=O) groups excluding carboxylic acids is 1. The number of carboxylic acids is 1. The van der Waals surface area contributed by atoms with E-state index in [2.05, 4.69) is 15.0 Å². The third-order valence-electron chi connectivity index (χ3n) is 6.96. The highest BCUT2D eigenvalue weighted by molar-refractivity contribution is 6.10. The molecule has 3 heterocycles. The highest BCUT2D eigenvalue weighted by atomic mass is 16.5. The Kier molecular flexibility index (Phi) is 7.16. The van der Waals surface area contributed by atoms with Gasteiger partial charge >= 0.3 is 12.0 Å². The van der Waals surface area contributed by atoms with Gasteiger partial charge in [0.2, 0.25) is 5.88 Å². The van der Waals surface area contributed by atoms with Gasteiger partial charge in [-0.25, -0.2) is 0 Å². The quantitative estimate of drug-likeness (QED) is 0.492. The molecule has 2 aliphatic rings. The number of hydrogen-bond acceptors (Lipinski definition) is 8. The number of fused-ring (bicyclic) bond motifs is 1. The van der Waals surface area contributed by atoms with Crippen molar-refractivity contribution in [1.29, 1.82) is 0 Å². The van der Waals surface area contributed by atoms with E-state index >= 15 is 0 Å². The Bertz CT molecular complexity index is 1260. The number of carboxylic acid groups (broad SMARTS) is 1. The molecule has 0 bridgehead atoms. The summed E-state index contributed by atoms with van der Waals surface area (Å²) in [5.74, 6) is -0.297. The van der Waals surface area contributed by atoms with Crippen LogP contribution < -0.4 is 20.1 Å². The molecule has 1 aliphatic carbocycles. The second-order valence-electron chi connectivity index (χ2n) is 9.39. The molecule has 1 saturated carbocycles. The van der Waals surface area contributed by atoms with Gasteiger partial charge in [-0.15, -0.1) is 0 Å². The Morgan fingerprint density at radius 3 is 2.59 bits per heavy atom. The first kappa shape index (κ1) is 24.5. The number of ether oxygens (including phenoxy) is 2. The predicted octanol–water partition coefficient (Wildman–Crippen LogP) is 3.82. The summed E-state index contributed by atoms with van der Waals surface area (Å²) in [6, 6.07) is 13.5. The number of carbonyl (C=O) groups is 2. The Hall–Kier alpha value is -4.21. The molecule has 3 N–H and O–H groups in total. The summed E-state index contributed by atoms with van der Waals surface area (Å²) in [4.78, 5) is 38.7. The Morgan fingerprint density at radius 1 is 1.11 bits per heavy atom. The average Bonchev–Trinajstić information content (AvgIpc) is 3.07. The topological polar surface area (TPSA) is 141 Å². The van der Waals surface area contributed by atoms with Gasteiger partial charge in [0.05, 0.1) is 12.2 Å². The van der Waals surface area contributed by atoms with E-state index < -0.39 is 5.97 Å². The summed E-state index contributed by atoms with van der Waals surface area (Å²) < 4.78 is 11.4. The minimum Gasteiger partial charge on any atom is -0.481 e. The number of rotatable bonds is 7. The standard InChI is InChI=1S/C27H29N5O5/c28-24-23-25(31-27(30-24)37-16-20-3-1-2-12-29-20)36-14-13-32(26(23)35)21-10-8-19(9-11-21)18-6-4-17(5-7-18)15-22(33)34/h1-3,8-12,17-18H,4-7,13-16H2,(H,33,34)(H2,28,30,31). The fourth-order valence-electron chi connectivity index (χ4n) is 5.02. The van der Waals surface area contributed by atoms with Gasteiger partial charge in [0.1, 0.15) is 24.6 Å². The number of aromatic nitrogens is 3. The van der Waals surface area contributed by atoms with E-state index in [1.807, 2.05) is 42.5 Å². The second-order valence-corrected chi connectivity index (χ2v) is 9.39. The number of nitrogens with two attached hydrogens (primary N) is 1. The third-order valence-corrected chi connectivity index (χ3v) is 6.96. The van der Waals surface area contributed by atoms with Gasteiger partial charge in [-0.3, -0.25) is 14.6 Å². The van der Waals surface area contributed by atoms with Gasteiger partial charge in [0.25, 0.3) is 5.91 Å². The Balaban J connectivity index is 1.28. The monoisotopic (exact) mass is 503 g/mol. The van der Waals surface area contributed by atoms with Crippen molar-refractivity contribution < 1.29 is 24.2 Å². The lowest BCUT2D eigenvalue weighted by molar-refractivity contribution is -0.138. The van der Waals surface area contributed by atoms with Crippen LogP contribution in [0.3, 0.4) is 0 Å². The van der Waals surface area contributed by atoms with Crippen molar-refractivity contribution in [1.82, 2.24) is 15.0 Å². The molecule has 2 aromatic heterocycles. The largest absolute Gasteiger partial charge is 0.481 e. The second kappa shape index (κ2) is 10.8. The van der Waals surface area contributed by atoms with Gasteiger partial charge in [-0.1, -0.05) is 18.2 Å². The number of anilines is 2. The molecule has 192 valence electrons. The van der Waals surface area contributed by atoms with E-state index in [4.69, 9.17) is 20.3 Å². The van der Waals surface area contributed by atoms with E-state index in [1.54, 1.807) is 11.1 Å². The first-order valence-electron chi connectivity index (χ1n) is 12.4. The van der Waals surface area contributed by atoms with Crippen LogP contribution in [-0.4, -0.2) is 45.1 Å². The molecule has 1 aromatic carbocycles. The molecule has 1 amide bonds. The van der Waals surface area contributed by atoms with Crippen LogP contribution in [0.25, 0.3) is 0 Å². The molecule has 10 nitrogen and oxygen atoms in total. The van der Waals surface area contributed by atoms with Crippen molar-refractivity contribution in [3.63, 3.8) is 0 Å². The van der Waals surface area contributed by atoms with Crippen molar-refractivity contribution in [3.05, 3.63) is 65.5 Å². The Morgan fingerprint density at radius 2 is 1.89 bits per heavy atom. The SMILES string of the molecule is Nc1nc(OCc2ccccn2)nc2c1C(=O)N(c1ccc(C3CCC(CC(=O)O)CC3)cc1)CCO2. The number of pyridine rings is 1. The normalized spacial score (nSPS) is 19.5. The zero-order chi connectivity index (χ0) is 25.8. The van der Waals surface area contributed by atoms with Crippen LogP contribution in [0.5, 0.6) is 11.9 Å². The van der Waals surface area contributed by atoms with Crippen molar-refractivity contribution >= 4 is 23.4 Å². The van der Waals surface area contributed by atoms with E-state index in [0.29, 0.717) is 18.2 Å². The van der Waals surface area contributed by atoms with Crippen LogP contribution in [0.15, 0.2) is 48.7 Å². The summed E-state index contributed by atoms with van der Waals surface area (Å²) in [5.41, 5.74) is 8.92. The predicted molar refractivity (Wildman–Crippen MR) is 136 cm³/mol. The van der Waals surface area contributed by atoms with E-state index in [0.717, 1.165) is 31.4 Å². The van der Waals surface area contributed by atoms with Crippen LogP contribution in [0.2, 0.25) is 0 Å². The lowest BCUT2D eigenvalue weighted by Gasteiger charge is -2.28. The van der Waals surface area contributed by atoms with Gasteiger partial charge in [0.15, 0.2) is 0 Å². The molecule has 0 atom stereocenters. The van der Waals surface area contributed by atoms with Crippen molar-refractivity contribution in [3.8, 4) is 11.9 Å². The van der Waals surface area contributed by atoms with Crippen LogP contribution in [0.1, 0.15) is 59.6 Å². The molecule has 0 saturated heterocycles. The summed E-state index contributed by atoms with van der Waals surface area (Å²) in [5, 5.41) is 9.04. The lowest BCUT2D eigenvalue weighted by atomic mass is 9.77. The van der Waals surface area contributed by atoms with Gasteiger partial charge in [-0.2, -0.15) is 9.97 Å². The van der Waals surface area contributed by atoms with Crippen LogP contribution in [-0.2, 0) is 11.4 Å². The van der Waals surface area contributed by atoms with Gasteiger partial charge < -0.3 is 25.2 Å².